The van der Waals surface area contributed by atoms with E-state index < -0.39 is 31.5 Å². The first-order valence-corrected chi connectivity index (χ1v) is 16.5. The van der Waals surface area contributed by atoms with E-state index in [0.29, 0.717) is 34.3 Å². The van der Waals surface area contributed by atoms with Crippen LogP contribution in [-0.4, -0.2) is 44.9 Å². The van der Waals surface area contributed by atoms with Crippen LogP contribution < -0.4 is 15.3 Å². The molecule has 0 aliphatic heterocycles. The van der Waals surface area contributed by atoms with Gasteiger partial charge in [-0.15, -0.1) is 0 Å². The number of carbonyl (C=O) groups excluding carboxylic acids is 1. The number of halogens is 1. The zero-order valence-corrected chi connectivity index (χ0v) is 27.8. The maximum absolute atomic E-state index is 14.5. The summed E-state index contributed by atoms with van der Waals surface area (Å²) >= 11 is 6.06. The van der Waals surface area contributed by atoms with Crippen molar-refractivity contribution in [1.29, 1.82) is 0 Å². The lowest BCUT2D eigenvalue weighted by Gasteiger charge is -2.30. The molecule has 0 saturated carbocycles. The van der Waals surface area contributed by atoms with Crippen LogP contribution in [0.15, 0.2) is 48.5 Å². The number of ether oxygens (including phenoxy) is 2. The molecule has 4 aromatic rings. The molecule has 0 saturated heterocycles. The number of hydrogen-bond donors (Lipinski definition) is 2. The van der Waals surface area contributed by atoms with Crippen LogP contribution in [0.25, 0.3) is 21.9 Å². The zero-order valence-electron chi connectivity index (χ0n) is 26.2. The fourth-order valence-corrected chi connectivity index (χ4v) is 6.62. The lowest BCUT2D eigenvalue weighted by Crippen LogP contribution is -2.44. The van der Waals surface area contributed by atoms with Gasteiger partial charge in [-0.05, 0) is 70.9 Å². The number of benzene rings is 2. The molecular weight excluding hydrogens is 605 g/mol. The van der Waals surface area contributed by atoms with Crippen molar-refractivity contribution >= 4 is 53.1 Å². The van der Waals surface area contributed by atoms with Crippen molar-refractivity contribution in [1.82, 2.24) is 19.6 Å². The summed E-state index contributed by atoms with van der Waals surface area (Å²) in [5.41, 5.74) is 7.59. The van der Waals surface area contributed by atoms with Gasteiger partial charge in [-0.3, -0.25) is 9.32 Å². The Labute approximate surface area is 263 Å². The Hall–Kier alpha value is -3.21. The molecule has 11 nitrogen and oxygen atoms in total. The van der Waals surface area contributed by atoms with E-state index in [9.17, 15) is 9.36 Å². The number of nitrogens with two attached hydrogens (primary N) is 1. The van der Waals surface area contributed by atoms with Crippen molar-refractivity contribution in [2.75, 3.05) is 12.3 Å². The molecule has 0 amide bonds. The van der Waals surface area contributed by atoms with Gasteiger partial charge in [0.25, 0.3) is 0 Å². The molecule has 2 unspecified atom stereocenters. The molecule has 2 aromatic heterocycles. The zero-order chi connectivity index (χ0) is 32.2. The van der Waals surface area contributed by atoms with Gasteiger partial charge in [0.05, 0.1) is 23.7 Å². The number of esters is 1. The summed E-state index contributed by atoms with van der Waals surface area (Å²) in [7, 11) is -4.21. The molecule has 0 fully saturated rings. The van der Waals surface area contributed by atoms with Crippen molar-refractivity contribution in [3.8, 4) is 5.75 Å². The quantitative estimate of drug-likeness (QED) is 0.116. The van der Waals surface area contributed by atoms with E-state index in [1.54, 1.807) is 52.0 Å². The lowest BCUT2D eigenvalue weighted by molar-refractivity contribution is -0.158. The molecule has 0 radical (unpaired) electrons. The van der Waals surface area contributed by atoms with Gasteiger partial charge in [0.1, 0.15) is 35.3 Å². The normalized spacial score (nSPS) is 14.9. The van der Waals surface area contributed by atoms with Gasteiger partial charge < -0.3 is 24.3 Å². The number of pyridine rings is 1. The summed E-state index contributed by atoms with van der Waals surface area (Å²) in [4.78, 5) is 22.5. The van der Waals surface area contributed by atoms with Crippen LogP contribution in [0.1, 0.15) is 54.3 Å². The molecule has 3 atom stereocenters. The number of aromatic nitrogens is 3. The van der Waals surface area contributed by atoms with Crippen LogP contribution in [-0.2, 0) is 36.5 Å². The van der Waals surface area contributed by atoms with E-state index in [2.05, 4.69) is 10.1 Å². The Morgan fingerprint density at radius 2 is 1.77 bits per heavy atom. The lowest BCUT2D eigenvalue weighted by atomic mass is 10.1. The number of rotatable bonds is 13. The van der Waals surface area contributed by atoms with Crippen LogP contribution in [0, 0.1) is 5.92 Å². The van der Waals surface area contributed by atoms with Gasteiger partial charge in [-0.1, -0.05) is 43.6 Å². The average Bonchev–Trinajstić information content (AvgIpc) is 3.29. The van der Waals surface area contributed by atoms with Crippen molar-refractivity contribution in [2.45, 2.75) is 79.4 Å². The molecule has 0 aliphatic carbocycles. The fourth-order valence-electron chi connectivity index (χ4n) is 4.65. The molecule has 13 heteroatoms. The van der Waals surface area contributed by atoms with Gasteiger partial charge in [-0.25, -0.2) is 14.5 Å². The third-order valence-corrected chi connectivity index (χ3v) is 8.48. The van der Waals surface area contributed by atoms with E-state index >= 15 is 0 Å². The van der Waals surface area contributed by atoms with Gasteiger partial charge in [0.2, 0.25) is 0 Å². The van der Waals surface area contributed by atoms with Crippen LogP contribution in [0.2, 0.25) is 5.02 Å². The fraction of sp³-hybridized carbons (Fsp3) is 0.452. The molecule has 238 valence electrons. The first kappa shape index (κ1) is 33.7. The maximum atomic E-state index is 14.5. The minimum Gasteiger partial charge on any atom is -0.459 e. The number of fused-ring (bicyclic) bond motifs is 3. The monoisotopic (exact) mass is 645 g/mol. The molecule has 0 spiro atoms. The second-order valence-electron chi connectivity index (χ2n) is 11.8. The standard InChI is InChI=1S/C31H41ClN5O6P/c1-8-40-18-25-35-27-28(23-11-9-10-12-24(23)34-29(27)33)37(25)17-20(4)42-44(39,43-22-15-13-21(32)14-16-22)36-26(19(2)3)30(38)41-31(5,6)7/h9-16,19-20,26H,8,17-18H2,1-7H3,(H2,33,34)(H,36,39)/t20-,26?,44?/m1/s1. The van der Waals surface area contributed by atoms with E-state index in [0.717, 1.165) is 10.9 Å². The highest BCUT2D eigenvalue weighted by Crippen LogP contribution is 2.47. The van der Waals surface area contributed by atoms with Crippen LogP contribution in [0.3, 0.4) is 0 Å². The van der Waals surface area contributed by atoms with Gasteiger partial charge in [0, 0.05) is 17.0 Å². The smallest absolute Gasteiger partial charge is 0.459 e. The van der Waals surface area contributed by atoms with Gasteiger partial charge in [0.15, 0.2) is 5.82 Å². The number of carbonyl (C=O) groups is 1. The van der Waals surface area contributed by atoms with Crippen molar-refractivity contribution in [3.05, 3.63) is 59.4 Å². The highest BCUT2D eigenvalue weighted by molar-refractivity contribution is 7.52. The minimum atomic E-state index is -4.21. The van der Waals surface area contributed by atoms with Gasteiger partial charge in [-0.2, -0.15) is 5.09 Å². The van der Waals surface area contributed by atoms with Crippen molar-refractivity contribution in [3.63, 3.8) is 0 Å². The highest BCUT2D eigenvalue weighted by Gasteiger charge is 2.39. The van der Waals surface area contributed by atoms with E-state index in [1.165, 1.54) is 0 Å². The summed E-state index contributed by atoms with van der Waals surface area (Å²) in [6.07, 6.45) is -0.710. The Morgan fingerprint density at radius 1 is 1.09 bits per heavy atom. The van der Waals surface area contributed by atoms with Crippen molar-refractivity contribution < 1.29 is 27.9 Å². The number of para-hydroxylation sites is 1. The predicted molar refractivity (Wildman–Crippen MR) is 173 cm³/mol. The summed E-state index contributed by atoms with van der Waals surface area (Å²) in [6, 6.07) is 13.0. The predicted octanol–water partition coefficient (Wildman–Crippen LogP) is 6.90. The summed E-state index contributed by atoms with van der Waals surface area (Å²) in [5, 5.41) is 4.21. The van der Waals surface area contributed by atoms with Gasteiger partial charge >= 0.3 is 13.7 Å². The number of imidazole rings is 1. The summed E-state index contributed by atoms with van der Waals surface area (Å²) in [6.45, 7) is 13.5. The summed E-state index contributed by atoms with van der Waals surface area (Å²) < 4.78 is 39.9. The number of hydrogen-bond acceptors (Lipinski definition) is 9. The molecule has 44 heavy (non-hydrogen) atoms. The molecular formula is C31H41ClN5O6P. The Kier molecular flexibility index (Phi) is 10.6. The van der Waals surface area contributed by atoms with E-state index in [1.807, 2.05) is 49.6 Å². The molecule has 4 rings (SSSR count). The highest BCUT2D eigenvalue weighted by atomic mass is 35.5. The second-order valence-corrected chi connectivity index (χ2v) is 13.9. The third kappa shape index (κ3) is 8.28. The molecule has 2 aromatic carbocycles. The Balaban J connectivity index is 1.72. The topological polar surface area (TPSA) is 140 Å². The SMILES string of the molecule is CCOCc1nc2c(N)nc3ccccc3c2n1C[C@@H](C)OP(=O)(NC(C(=O)OC(C)(C)C)C(C)C)Oc1ccc(Cl)cc1. The molecule has 0 bridgehead atoms. The van der Waals surface area contributed by atoms with Crippen LogP contribution in [0.5, 0.6) is 5.75 Å². The number of anilines is 1. The molecule has 3 N–H and O–H groups in total. The van der Waals surface area contributed by atoms with Crippen LogP contribution >= 0.6 is 19.3 Å². The molecule has 2 heterocycles. The van der Waals surface area contributed by atoms with Crippen LogP contribution in [0.4, 0.5) is 5.82 Å². The number of nitrogen functional groups attached to an aromatic ring is 1. The third-order valence-electron chi connectivity index (χ3n) is 6.55. The van der Waals surface area contributed by atoms with E-state index in [-0.39, 0.29) is 24.8 Å². The van der Waals surface area contributed by atoms with Crippen molar-refractivity contribution in [2.24, 2.45) is 5.92 Å². The summed E-state index contributed by atoms with van der Waals surface area (Å²) in [5.74, 6) is 0.275. The van der Waals surface area contributed by atoms with E-state index in [4.69, 9.17) is 40.8 Å². The Morgan fingerprint density at radius 3 is 2.41 bits per heavy atom. The Bertz CT molecular complexity index is 1650. The maximum Gasteiger partial charge on any atom is 0.459 e. The number of nitrogens with one attached hydrogen (secondary N) is 1. The molecule has 0 aliphatic rings. The first-order valence-electron chi connectivity index (χ1n) is 14.5. The largest absolute Gasteiger partial charge is 0.459 e. The average molecular weight is 646 g/mol. The number of nitrogens with zero attached hydrogens (tertiary/aromatic N) is 3. The first-order chi connectivity index (χ1) is 20.7. The minimum absolute atomic E-state index is 0.209. The second kappa shape index (κ2) is 13.8.